The lowest BCUT2D eigenvalue weighted by molar-refractivity contribution is 0.598. The molecule has 1 N–H and O–H groups in total. The van der Waals surface area contributed by atoms with E-state index in [4.69, 9.17) is 0 Å². The van der Waals surface area contributed by atoms with E-state index in [9.17, 15) is 8.42 Å². The number of sulfonamides is 1. The van der Waals surface area contributed by atoms with Crippen LogP contribution in [0.15, 0.2) is 71.1 Å². The minimum Gasteiger partial charge on any atom is -0.278 e. The highest BCUT2D eigenvalue weighted by molar-refractivity contribution is 7.92. The molecule has 21 heavy (non-hydrogen) atoms. The second-order valence-corrected chi connectivity index (χ2v) is 6.82. The zero-order valence-electron chi connectivity index (χ0n) is 10.9. The molecule has 0 aliphatic carbocycles. The van der Waals surface area contributed by atoms with Crippen LogP contribution in [0.25, 0.3) is 10.6 Å². The van der Waals surface area contributed by atoms with Crippen molar-refractivity contribution in [2.75, 3.05) is 4.72 Å². The number of hydrogen-bond acceptors (Lipinski definition) is 4. The number of para-hydroxylation sites is 1. The maximum atomic E-state index is 12.3. The summed E-state index contributed by atoms with van der Waals surface area (Å²) in [6.07, 6.45) is 0. The molecule has 4 nitrogen and oxygen atoms in total. The van der Waals surface area contributed by atoms with Gasteiger partial charge in [-0.05, 0) is 12.1 Å². The SMILES string of the molecule is O=S(=O)(Nc1ccccc1)c1csc(-c2ccccc2)n1. The van der Waals surface area contributed by atoms with Gasteiger partial charge in [0.15, 0.2) is 5.03 Å². The summed E-state index contributed by atoms with van der Waals surface area (Å²) in [4.78, 5) is 4.22. The Bertz CT molecular complexity index is 828. The first-order valence-electron chi connectivity index (χ1n) is 6.24. The highest BCUT2D eigenvalue weighted by atomic mass is 32.2. The molecule has 0 bridgehead atoms. The molecule has 0 amide bonds. The first-order chi connectivity index (χ1) is 10.1. The van der Waals surface area contributed by atoms with Crippen molar-refractivity contribution in [3.63, 3.8) is 0 Å². The minimum absolute atomic E-state index is 0.0372. The Morgan fingerprint density at radius 3 is 2.19 bits per heavy atom. The Labute approximate surface area is 127 Å². The topological polar surface area (TPSA) is 59.1 Å². The standard InChI is InChI=1S/C15H12N2O2S2/c18-21(19,17-13-9-5-2-6-10-13)14-11-20-15(16-14)12-7-3-1-4-8-12/h1-11,17H. The Hall–Kier alpha value is -2.18. The normalized spacial score (nSPS) is 11.2. The van der Waals surface area contributed by atoms with Crippen molar-refractivity contribution in [1.82, 2.24) is 4.98 Å². The molecule has 0 aliphatic heterocycles. The van der Waals surface area contributed by atoms with E-state index in [0.29, 0.717) is 10.7 Å². The van der Waals surface area contributed by atoms with Crippen molar-refractivity contribution in [2.24, 2.45) is 0 Å². The zero-order chi connectivity index (χ0) is 14.7. The second-order valence-electron chi connectivity index (χ2n) is 4.33. The third-order valence-electron chi connectivity index (χ3n) is 2.81. The van der Waals surface area contributed by atoms with E-state index in [1.165, 1.54) is 11.3 Å². The van der Waals surface area contributed by atoms with Crippen LogP contribution in [0.5, 0.6) is 0 Å². The van der Waals surface area contributed by atoms with Crippen molar-refractivity contribution in [1.29, 1.82) is 0 Å². The summed E-state index contributed by atoms with van der Waals surface area (Å²) in [6, 6.07) is 18.3. The highest BCUT2D eigenvalue weighted by Crippen LogP contribution is 2.26. The van der Waals surface area contributed by atoms with Gasteiger partial charge in [-0.1, -0.05) is 48.5 Å². The summed E-state index contributed by atoms with van der Waals surface area (Å²) in [6.45, 7) is 0. The summed E-state index contributed by atoms with van der Waals surface area (Å²) in [7, 11) is -3.65. The predicted octanol–water partition coefficient (Wildman–Crippen LogP) is 3.61. The zero-order valence-corrected chi connectivity index (χ0v) is 12.6. The fraction of sp³-hybridized carbons (Fsp3) is 0. The van der Waals surface area contributed by atoms with E-state index in [2.05, 4.69) is 9.71 Å². The van der Waals surface area contributed by atoms with Crippen LogP contribution in [0.2, 0.25) is 0 Å². The summed E-state index contributed by atoms with van der Waals surface area (Å²) >= 11 is 1.31. The number of rotatable bonds is 4. The lowest BCUT2D eigenvalue weighted by Crippen LogP contribution is -2.13. The van der Waals surface area contributed by atoms with Gasteiger partial charge >= 0.3 is 0 Å². The Morgan fingerprint density at radius 2 is 1.52 bits per heavy atom. The highest BCUT2D eigenvalue weighted by Gasteiger charge is 2.18. The summed E-state index contributed by atoms with van der Waals surface area (Å²) in [5.74, 6) is 0. The lowest BCUT2D eigenvalue weighted by Gasteiger charge is -2.04. The van der Waals surface area contributed by atoms with E-state index in [-0.39, 0.29) is 5.03 Å². The van der Waals surface area contributed by atoms with Gasteiger partial charge in [0.05, 0.1) is 0 Å². The molecule has 0 radical (unpaired) electrons. The number of anilines is 1. The molecule has 0 saturated carbocycles. The van der Waals surface area contributed by atoms with Crippen LogP contribution in [0.3, 0.4) is 0 Å². The monoisotopic (exact) mass is 316 g/mol. The van der Waals surface area contributed by atoms with Crippen LogP contribution in [-0.4, -0.2) is 13.4 Å². The Balaban J connectivity index is 1.89. The van der Waals surface area contributed by atoms with Gasteiger partial charge in [-0.15, -0.1) is 11.3 Å². The molecule has 0 aliphatic rings. The number of aromatic nitrogens is 1. The summed E-state index contributed by atoms with van der Waals surface area (Å²) in [5, 5.41) is 2.27. The van der Waals surface area contributed by atoms with Gasteiger partial charge in [0.25, 0.3) is 10.0 Å². The number of benzene rings is 2. The molecule has 3 aromatic rings. The molecule has 0 fully saturated rings. The first-order valence-corrected chi connectivity index (χ1v) is 8.60. The van der Waals surface area contributed by atoms with Crippen LogP contribution in [-0.2, 0) is 10.0 Å². The van der Waals surface area contributed by atoms with Gasteiger partial charge in [0, 0.05) is 16.6 Å². The molecule has 0 saturated heterocycles. The van der Waals surface area contributed by atoms with Crippen molar-refractivity contribution in [2.45, 2.75) is 5.03 Å². The largest absolute Gasteiger partial charge is 0.280 e. The third-order valence-corrected chi connectivity index (χ3v) is 5.11. The average molecular weight is 316 g/mol. The molecule has 2 aromatic carbocycles. The first kappa shape index (κ1) is 13.8. The van der Waals surface area contributed by atoms with Crippen LogP contribution >= 0.6 is 11.3 Å². The quantitative estimate of drug-likeness (QED) is 0.800. The van der Waals surface area contributed by atoms with Crippen molar-refractivity contribution in [3.8, 4) is 10.6 Å². The molecule has 6 heteroatoms. The van der Waals surface area contributed by atoms with Gasteiger partial charge in [-0.25, -0.2) is 4.98 Å². The van der Waals surface area contributed by atoms with E-state index in [0.717, 1.165) is 5.56 Å². The van der Waals surface area contributed by atoms with Gasteiger partial charge in [-0.2, -0.15) is 8.42 Å². The van der Waals surface area contributed by atoms with Gasteiger partial charge < -0.3 is 0 Å². The molecule has 106 valence electrons. The predicted molar refractivity (Wildman–Crippen MR) is 84.8 cm³/mol. The Morgan fingerprint density at radius 1 is 0.905 bits per heavy atom. The number of thiazole rings is 1. The average Bonchev–Trinajstić information content (AvgIpc) is 2.99. The molecule has 1 aromatic heterocycles. The Kier molecular flexibility index (Phi) is 3.72. The third kappa shape index (κ3) is 3.12. The molecule has 1 heterocycles. The van der Waals surface area contributed by atoms with Crippen molar-refractivity contribution < 1.29 is 8.42 Å². The van der Waals surface area contributed by atoms with Crippen molar-refractivity contribution in [3.05, 3.63) is 66.0 Å². The maximum Gasteiger partial charge on any atom is 0.280 e. The molecular weight excluding hydrogens is 304 g/mol. The van der Waals surface area contributed by atoms with E-state index in [1.807, 2.05) is 36.4 Å². The number of nitrogens with zero attached hydrogens (tertiary/aromatic N) is 1. The molecule has 3 rings (SSSR count). The lowest BCUT2D eigenvalue weighted by atomic mass is 10.2. The smallest absolute Gasteiger partial charge is 0.278 e. The maximum absolute atomic E-state index is 12.3. The fourth-order valence-electron chi connectivity index (χ4n) is 1.81. The summed E-state index contributed by atoms with van der Waals surface area (Å²) in [5.41, 5.74) is 1.43. The van der Waals surface area contributed by atoms with Crippen LogP contribution in [0.1, 0.15) is 0 Å². The van der Waals surface area contributed by atoms with Gasteiger partial charge in [0.2, 0.25) is 0 Å². The van der Waals surface area contributed by atoms with Crippen LogP contribution in [0, 0.1) is 0 Å². The number of hydrogen-bond donors (Lipinski definition) is 1. The molecular formula is C15H12N2O2S2. The minimum atomic E-state index is -3.65. The van der Waals surface area contributed by atoms with E-state index in [1.54, 1.807) is 29.6 Å². The van der Waals surface area contributed by atoms with Gasteiger partial charge in [-0.3, -0.25) is 4.72 Å². The van der Waals surface area contributed by atoms with Crippen LogP contribution in [0.4, 0.5) is 5.69 Å². The van der Waals surface area contributed by atoms with E-state index < -0.39 is 10.0 Å². The molecule has 0 atom stereocenters. The second kappa shape index (κ2) is 5.67. The fourth-order valence-corrected chi connectivity index (χ4v) is 3.97. The summed E-state index contributed by atoms with van der Waals surface area (Å²) < 4.78 is 27.1. The number of nitrogens with one attached hydrogen (secondary N) is 1. The molecule has 0 unspecified atom stereocenters. The van der Waals surface area contributed by atoms with Crippen molar-refractivity contribution >= 4 is 27.0 Å². The van der Waals surface area contributed by atoms with Crippen LogP contribution < -0.4 is 4.72 Å². The van der Waals surface area contributed by atoms with E-state index >= 15 is 0 Å². The molecule has 0 spiro atoms. The van der Waals surface area contributed by atoms with Gasteiger partial charge in [0.1, 0.15) is 5.01 Å².